The number of halogens is 3. The van der Waals surface area contributed by atoms with Gasteiger partial charge in [0.2, 0.25) is 0 Å². The zero-order valence-electron chi connectivity index (χ0n) is 11.6. The molecule has 2 aromatic rings. The Bertz CT molecular complexity index is 759. The summed E-state index contributed by atoms with van der Waals surface area (Å²) in [6.07, 6.45) is -4.64. The van der Waals surface area contributed by atoms with E-state index in [0.29, 0.717) is 12.1 Å². The summed E-state index contributed by atoms with van der Waals surface area (Å²) in [7, 11) is 0. The Morgan fingerprint density at radius 2 is 2.05 bits per heavy atom. The van der Waals surface area contributed by atoms with E-state index in [1.165, 1.54) is 12.1 Å². The van der Waals surface area contributed by atoms with Gasteiger partial charge in [-0.05, 0) is 24.6 Å². The highest BCUT2D eigenvalue weighted by molar-refractivity contribution is 5.70. The Labute approximate surface area is 123 Å². The molecule has 2 N–H and O–H groups in total. The summed E-state index contributed by atoms with van der Waals surface area (Å²) in [5.74, 6) is -1.18. The fourth-order valence-electron chi connectivity index (χ4n) is 2.15. The Morgan fingerprint density at radius 3 is 2.59 bits per heavy atom. The van der Waals surface area contributed by atoms with Crippen LogP contribution < -0.4 is 5.56 Å². The van der Waals surface area contributed by atoms with Crippen molar-refractivity contribution in [1.29, 1.82) is 0 Å². The lowest BCUT2D eigenvalue weighted by Gasteiger charge is -2.08. The molecule has 0 aliphatic carbocycles. The summed E-state index contributed by atoms with van der Waals surface area (Å²) < 4.78 is 39.1. The number of nitrogens with zero attached hydrogens (tertiary/aromatic N) is 1. The number of nitrogens with one attached hydrogen (secondary N) is 1. The van der Waals surface area contributed by atoms with Crippen molar-refractivity contribution in [2.24, 2.45) is 0 Å². The first-order chi connectivity index (χ1) is 10.2. The van der Waals surface area contributed by atoms with Crippen molar-refractivity contribution in [3.05, 3.63) is 51.4 Å². The number of aliphatic carboxylic acids is 1. The quantitative estimate of drug-likeness (QED) is 0.910. The van der Waals surface area contributed by atoms with Gasteiger partial charge in [0, 0.05) is 5.69 Å². The van der Waals surface area contributed by atoms with Crippen molar-refractivity contribution in [3.63, 3.8) is 0 Å². The van der Waals surface area contributed by atoms with Crippen LogP contribution in [0.3, 0.4) is 0 Å². The second kappa shape index (κ2) is 5.70. The van der Waals surface area contributed by atoms with Gasteiger partial charge in [-0.25, -0.2) is 4.68 Å². The molecule has 1 aromatic carbocycles. The number of carboxylic acid groups (broad SMARTS) is 1. The molecule has 0 radical (unpaired) electrons. The minimum atomic E-state index is -4.52. The van der Waals surface area contributed by atoms with Crippen LogP contribution in [0.1, 0.15) is 23.7 Å². The number of alkyl halides is 3. The molecular weight excluding hydrogens is 301 g/mol. The van der Waals surface area contributed by atoms with Gasteiger partial charge < -0.3 is 5.11 Å². The summed E-state index contributed by atoms with van der Waals surface area (Å²) in [4.78, 5) is 23.0. The number of aromatic amines is 1. The molecule has 0 amide bonds. The molecule has 0 fully saturated rings. The lowest BCUT2D eigenvalue weighted by Crippen LogP contribution is -2.19. The van der Waals surface area contributed by atoms with E-state index in [4.69, 9.17) is 5.11 Å². The van der Waals surface area contributed by atoms with E-state index in [-0.39, 0.29) is 11.3 Å². The number of hydrogen-bond donors (Lipinski definition) is 2. The average molecular weight is 314 g/mol. The van der Waals surface area contributed by atoms with Gasteiger partial charge in [0.15, 0.2) is 0 Å². The molecule has 0 aliphatic rings. The second-order valence-electron chi connectivity index (χ2n) is 4.68. The van der Waals surface area contributed by atoms with Crippen LogP contribution in [0.15, 0.2) is 29.1 Å². The first-order valence-corrected chi connectivity index (χ1v) is 6.46. The highest BCUT2D eigenvalue weighted by Crippen LogP contribution is 2.30. The average Bonchev–Trinajstić information content (AvgIpc) is 2.74. The molecule has 0 bridgehead atoms. The summed E-state index contributed by atoms with van der Waals surface area (Å²) in [6, 6.07) is 4.27. The van der Waals surface area contributed by atoms with Crippen LogP contribution in [-0.4, -0.2) is 20.9 Å². The zero-order chi connectivity index (χ0) is 16.5. The third-order valence-electron chi connectivity index (χ3n) is 3.19. The van der Waals surface area contributed by atoms with E-state index in [1.54, 1.807) is 6.92 Å². The number of benzene rings is 1. The Kier molecular flexibility index (Phi) is 4.11. The molecule has 0 unspecified atom stereocenters. The van der Waals surface area contributed by atoms with Gasteiger partial charge in [-0.2, -0.15) is 13.2 Å². The molecule has 1 aromatic heterocycles. The van der Waals surface area contributed by atoms with E-state index in [1.807, 2.05) is 0 Å². The third kappa shape index (κ3) is 3.05. The second-order valence-corrected chi connectivity index (χ2v) is 4.68. The molecule has 0 spiro atoms. The van der Waals surface area contributed by atoms with E-state index in [2.05, 4.69) is 5.10 Å². The van der Waals surface area contributed by atoms with Gasteiger partial charge in [-0.15, -0.1) is 0 Å². The van der Waals surface area contributed by atoms with Crippen molar-refractivity contribution in [1.82, 2.24) is 9.78 Å². The first-order valence-electron chi connectivity index (χ1n) is 6.46. The topological polar surface area (TPSA) is 75.1 Å². The number of carboxylic acids is 1. The van der Waals surface area contributed by atoms with Gasteiger partial charge >= 0.3 is 12.1 Å². The highest BCUT2D eigenvalue weighted by atomic mass is 19.4. The lowest BCUT2D eigenvalue weighted by molar-refractivity contribution is -0.138. The number of carbonyl (C=O) groups is 1. The Hall–Kier alpha value is -2.51. The summed E-state index contributed by atoms with van der Waals surface area (Å²) in [5, 5.41) is 11.5. The van der Waals surface area contributed by atoms with E-state index in [0.717, 1.165) is 16.8 Å². The van der Waals surface area contributed by atoms with E-state index in [9.17, 15) is 22.8 Å². The van der Waals surface area contributed by atoms with Crippen LogP contribution in [0.5, 0.6) is 0 Å². The fourth-order valence-corrected chi connectivity index (χ4v) is 2.15. The fraction of sp³-hybridized carbons (Fsp3) is 0.286. The van der Waals surface area contributed by atoms with E-state index >= 15 is 0 Å². The van der Waals surface area contributed by atoms with Crippen molar-refractivity contribution in [2.45, 2.75) is 25.9 Å². The van der Waals surface area contributed by atoms with Crippen LogP contribution in [0.2, 0.25) is 0 Å². The maximum Gasteiger partial charge on any atom is 0.416 e. The molecule has 2 rings (SSSR count). The van der Waals surface area contributed by atoms with E-state index < -0.39 is 29.7 Å². The largest absolute Gasteiger partial charge is 0.481 e. The summed E-state index contributed by atoms with van der Waals surface area (Å²) in [5.41, 5.74) is -1.09. The van der Waals surface area contributed by atoms with Crippen LogP contribution in [0, 0.1) is 0 Å². The predicted octanol–water partition coefficient (Wildman–Crippen LogP) is 2.37. The predicted molar refractivity (Wildman–Crippen MR) is 72.1 cm³/mol. The zero-order valence-corrected chi connectivity index (χ0v) is 11.6. The number of aryl methyl sites for hydroxylation is 1. The molecule has 0 saturated carbocycles. The normalized spacial score (nSPS) is 11.6. The Balaban J connectivity index is 2.57. The molecular formula is C14H13F3N2O3. The Morgan fingerprint density at radius 1 is 1.36 bits per heavy atom. The van der Waals surface area contributed by atoms with Crippen LogP contribution in [-0.2, 0) is 23.8 Å². The number of aromatic nitrogens is 2. The van der Waals surface area contributed by atoms with Crippen LogP contribution in [0.25, 0.3) is 5.69 Å². The van der Waals surface area contributed by atoms with Gasteiger partial charge in [-0.3, -0.25) is 14.7 Å². The van der Waals surface area contributed by atoms with Crippen molar-refractivity contribution >= 4 is 5.97 Å². The number of H-pyrrole nitrogens is 1. The maximum absolute atomic E-state index is 12.7. The van der Waals surface area contributed by atoms with Gasteiger partial charge in [0.25, 0.3) is 5.56 Å². The van der Waals surface area contributed by atoms with Crippen molar-refractivity contribution in [3.8, 4) is 5.69 Å². The molecule has 0 saturated heterocycles. The maximum atomic E-state index is 12.7. The molecule has 0 aliphatic heterocycles. The van der Waals surface area contributed by atoms with Crippen LogP contribution >= 0.6 is 0 Å². The van der Waals surface area contributed by atoms with Crippen LogP contribution in [0.4, 0.5) is 13.2 Å². The summed E-state index contributed by atoms with van der Waals surface area (Å²) in [6.45, 7) is 1.72. The standard InChI is InChI=1S/C14H13F3N2O3/c1-2-11-10(7-12(20)21)13(22)19(18-11)9-5-3-4-8(6-9)14(15,16)17/h3-6,18H,2,7H2,1H3,(H,20,21). The number of rotatable bonds is 4. The monoisotopic (exact) mass is 314 g/mol. The van der Waals surface area contributed by atoms with Crippen molar-refractivity contribution < 1.29 is 23.1 Å². The lowest BCUT2D eigenvalue weighted by atomic mass is 10.1. The molecule has 118 valence electrons. The SMILES string of the molecule is CCc1[nH]n(-c2cccc(C(F)(F)F)c2)c(=O)c1CC(=O)O. The molecule has 1 heterocycles. The molecule has 8 heteroatoms. The minimum Gasteiger partial charge on any atom is -0.481 e. The molecule has 5 nitrogen and oxygen atoms in total. The van der Waals surface area contributed by atoms with Gasteiger partial charge in [0.05, 0.1) is 23.2 Å². The third-order valence-corrected chi connectivity index (χ3v) is 3.19. The number of hydrogen-bond acceptors (Lipinski definition) is 2. The highest BCUT2D eigenvalue weighted by Gasteiger charge is 2.30. The smallest absolute Gasteiger partial charge is 0.416 e. The van der Waals surface area contributed by atoms with Gasteiger partial charge in [0.1, 0.15) is 0 Å². The van der Waals surface area contributed by atoms with Gasteiger partial charge in [-0.1, -0.05) is 13.0 Å². The molecule has 0 atom stereocenters. The molecule has 22 heavy (non-hydrogen) atoms. The first kappa shape index (κ1) is 15.9. The van der Waals surface area contributed by atoms with Crippen molar-refractivity contribution in [2.75, 3.05) is 0 Å². The minimum absolute atomic E-state index is 0.00571. The summed E-state index contributed by atoms with van der Waals surface area (Å²) >= 11 is 0.